The van der Waals surface area contributed by atoms with Gasteiger partial charge in [-0.1, -0.05) is 6.92 Å². The van der Waals surface area contributed by atoms with Gasteiger partial charge in [-0.2, -0.15) is 13.8 Å². The second-order valence-corrected chi connectivity index (χ2v) is 4.94. The van der Waals surface area contributed by atoms with Gasteiger partial charge in [-0.15, -0.1) is 0 Å². The number of rotatable bonds is 5. The molecule has 92 valence electrons. The Labute approximate surface area is 112 Å². The van der Waals surface area contributed by atoms with Crippen LogP contribution in [0.4, 0.5) is 0 Å². The van der Waals surface area contributed by atoms with Crippen molar-refractivity contribution in [2.24, 2.45) is 5.84 Å². The molecule has 17 heavy (non-hydrogen) atoms. The molecule has 0 aliphatic carbocycles. The standard InChI is InChI=1S/C9H13BrN6S/c1-2-3-16-9(6(10)4-12-16)8(14-11)7-5-13-17-15-7/h4-5,8,14H,2-3,11H2,1H3. The number of nitrogens with zero attached hydrogens (tertiary/aromatic N) is 4. The van der Waals surface area contributed by atoms with E-state index in [0.29, 0.717) is 0 Å². The molecule has 0 aliphatic rings. The molecule has 1 unspecified atom stereocenters. The Kier molecular flexibility index (Phi) is 4.21. The van der Waals surface area contributed by atoms with Crippen molar-refractivity contribution in [3.05, 3.63) is 28.3 Å². The largest absolute Gasteiger partial charge is 0.270 e. The first-order valence-corrected chi connectivity index (χ1v) is 6.75. The second-order valence-electron chi connectivity index (χ2n) is 3.53. The summed E-state index contributed by atoms with van der Waals surface area (Å²) in [7, 11) is 0. The van der Waals surface area contributed by atoms with Gasteiger partial charge in [0.2, 0.25) is 0 Å². The number of nitrogens with two attached hydrogens (primary N) is 1. The molecule has 2 aromatic rings. The van der Waals surface area contributed by atoms with E-state index >= 15 is 0 Å². The van der Waals surface area contributed by atoms with Crippen molar-refractivity contribution in [2.75, 3.05) is 0 Å². The summed E-state index contributed by atoms with van der Waals surface area (Å²) in [6, 6.07) is -0.197. The van der Waals surface area contributed by atoms with Crippen molar-refractivity contribution in [2.45, 2.75) is 25.9 Å². The molecular weight excluding hydrogens is 304 g/mol. The lowest BCUT2D eigenvalue weighted by molar-refractivity contribution is 0.515. The molecule has 0 aliphatic heterocycles. The van der Waals surface area contributed by atoms with Gasteiger partial charge < -0.3 is 0 Å². The number of aryl methyl sites for hydroxylation is 1. The number of hydrogen-bond donors (Lipinski definition) is 2. The fourth-order valence-electron chi connectivity index (χ4n) is 1.65. The molecule has 0 spiro atoms. The van der Waals surface area contributed by atoms with Gasteiger partial charge in [-0.3, -0.25) is 10.5 Å². The predicted octanol–water partition coefficient (Wildman–Crippen LogP) is 1.46. The van der Waals surface area contributed by atoms with Crippen molar-refractivity contribution in [1.29, 1.82) is 0 Å². The highest BCUT2D eigenvalue weighted by Gasteiger charge is 2.22. The molecule has 2 rings (SSSR count). The summed E-state index contributed by atoms with van der Waals surface area (Å²) in [5.74, 6) is 5.61. The molecule has 6 nitrogen and oxygen atoms in total. The van der Waals surface area contributed by atoms with E-state index in [9.17, 15) is 0 Å². The Morgan fingerprint density at radius 1 is 1.59 bits per heavy atom. The van der Waals surface area contributed by atoms with Gasteiger partial charge in [-0.25, -0.2) is 5.43 Å². The number of hydrazine groups is 1. The van der Waals surface area contributed by atoms with Crippen LogP contribution in [0.25, 0.3) is 0 Å². The van der Waals surface area contributed by atoms with Crippen LogP contribution in [0.3, 0.4) is 0 Å². The van der Waals surface area contributed by atoms with E-state index < -0.39 is 0 Å². The molecule has 3 N–H and O–H groups in total. The third-order valence-corrected chi connectivity index (χ3v) is 3.49. The van der Waals surface area contributed by atoms with E-state index in [-0.39, 0.29) is 6.04 Å². The van der Waals surface area contributed by atoms with Gasteiger partial charge in [0.05, 0.1) is 40.0 Å². The molecule has 0 amide bonds. The van der Waals surface area contributed by atoms with E-state index in [1.165, 1.54) is 11.7 Å². The SMILES string of the molecule is CCCn1ncc(Br)c1C(NN)c1cnsn1. The molecule has 1 atom stereocenters. The summed E-state index contributed by atoms with van der Waals surface area (Å²) in [5, 5.41) is 4.31. The summed E-state index contributed by atoms with van der Waals surface area (Å²) >= 11 is 4.66. The van der Waals surface area contributed by atoms with Crippen LogP contribution in [0.15, 0.2) is 16.9 Å². The maximum Gasteiger partial charge on any atom is 0.109 e. The number of hydrogen-bond acceptors (Lipinski definition) is 6. The predicted molar refractivity (Wildman–Crippen MR) is 69.3 cm³/mol. The van der Waals surface area contributed by atoms with Crippen LogP contribution in [-0.2, 0) is 6.54 Å². The first-order valence-electron chi connectivity index (χ1n) is 5.22. The van der Waals surface area contributed by atoms with Crippen LogP contribution in [0.2, 0.25) is 0 Å². The maximum atomic E-state index is 5.61. The lowest BCUT2D eigenvalue weighted by atomic mass is 10.1. The summed E-state index contributed by atoms with van der Waals surface area (Å²) < 4.78 is 11.1. The van der Waals surface area contributed by atoms with E-state index in [1.807, 2.05) is 4.68 Å². The van der Waals surface area contributed by atoms with E-state index in [4.69, 9.17) is 5.84 Å². The summed E-state index contributed by atoms with van der Waals surface area (Å²) in [6.45, 7) is 2.95. The second kappa shape index (κ2) is 5.67. The smallest absolute Gasteiger partial charge is 0.109 e. The van der Waals surface area contributed by atoms with Crippen molar-refractivity contribution >= 4 is 27.7 Å². The van der Waals surface area contributed by atoms with Crippen LogP contribution >= 0.6 is 27.7 Å². The van der Waals surface area contributed by atoms with Gasteiger partial charge in [0.1, 0.15) is 6.04 Å². The molecule has 2 aromatic heterocycles. The Morgan fingerprint density at radius 3 is 3.00 bits per heavy atom. The van der Waals surface area contributed by atoms with Gasteiger partial charge >= 0.3 is 0 Å². The quantitative estimate of drug-likeness (QED) is 0.644. The number of halogens is 1. The Morgan fingerprint density at radius 2 is 2.41 bits per heavy atom. The fraction of sp³-hybridized carbons (Fsp3) is 0.444. The highest BCUT2D eigenvalue weighted by atomic mass is 79.9. The first-order chi connectivity index (χ1) is 8.27. The molecule has 0 bridgehead atoms. The van der Waals surface area contributed by atoms with Crippen LogP contribution in [0.1, 0.15) is 30.8 Å². The monoisotopic (exact) mass is 316 g/mol. The van der Waals surface area contributed by atoms with Crippen molar-refractivity contribution in [1.82, 2.24) is 24.0 Å². The van der Waals surface area contributed by atoms with Gasteiger partial charge in [0.15, 0.2) is 0 Å². The normalized spacial score (nSPS) is 12.9. The summed E-state index contributed by atoms with van der Waals surface area (Å²) in [5.41, 5.74) is 4.54. The molecule has 0 saturated carbocycles. The Balaban J connectivity index is 2.39. The van der Waals surface area contributed by atoms with E-state index in [0.717, 1.165) is 28.8 Å². The molecular formula is C9H13BrN6S. The number of aromatic nitrogens is 4. The topological polar surface area (TPSA) is 81.7 Å². The fourth-order valence-corrected chi connectivity index (χ4v) is 2.63. The highest BCUT2D eigenvalue weighted by Crippen LogP contribution is 2.27. The highest BCUT2D eigenvalue weighted by molar-refractivity contribution is 9.10. The zero-order chi connectivity index (χ0) is 12.3. The lowest BCUT2D eigenvalue weighted by Gasteiger charge is -2.15. The summed E-state index contributed by atoms with van der Waals surface area (Å²) in [4.78, 5) is 0. The Hall–Kier alpha value is -0.830. The van der Waals surface area contributed by atoms with Gasteiger partial charge in [-0.05, 0) is 22.4 Å². The third-order valence-electron chi connectivity index (χ3n) is 2.38. The minimum absolute atomic E-state index is 0.197. The van der Waals surface area contributed by atoms with Crippen LogP contribution in [0.5, 0.6) is 0 Å². The molecule has 0 radical (unpaired) electrons. The zero-order valence-corrected chi connectivity index (χ0v) is 11.7. The third kappa shape index (κ3) is 2.54. The van der Waals surface area contributed by atoms with Crippen molar-refractivity contribution in [3.63, 3.8) is 0 Å². The van der Waals surface area contributed by atoms with Crippen molar-refractivity contribution < 1.29 is 0 Å². The molecule has 8 heteroatoms. The van der Waals surface area contributed by atoms with Crippen LogP contribution < -0.4 is 11.3 Å². The maximum absolute atomic E-state index is 5.61. The average molecular weight is 317 g/mol. The minimum Gasteiger partial charge on any atom is -0.270 e. The van der Waals surface area contributed by atoms with Gasteiger partial charge in [0.25, 0.3) is 0 Å². The molecule has 0 aromatic carbocycles. The van der Waals surface area contributed by atoms with Gasteiger partial charge in [0, 0.05) is 6.54 Å². The summed E-state index contributed by atoms with van der Waals surface area (Å²) in [6.07, 6.45) is 4.49. The van der Waals surface area contributed by atoms with E-state index in [1.54, 1.807) is 12.4 Å². The first kappa shape index (κ1) is 12.6. The molecule has 0 saturated heterocycles. The lowest BCUT2D eigenvalue weighted by Crippen LogP contribution is -2.31. The average Bonchev–Trinajstić information content (AvgIpc) is 2.94. The number of nitrogens with one attached hydrogen (secondary N) is 1. The van der Waals surface area contributed by atoms with Crippen LogP contribution in [0, 0.1) is 0 Å². The molecule has 0 fully saturated rings. The zero-order valence-electron chi connectivity index (χ0n) is 9.30. The molecule has 2 heterocycles. The Bertz CT molecular complexity index is 468. The van der Waals surface area contributed by atoms with Crippen LogP contribution in [-0.4, -0.2) is 18.5 Å². The van der Waals surface area contributed by atoms with E-state index in [2.05, 4.69) is 42.1 Å². The van der Waals surface area contributed by atoms with Crippen molar-refractivity contribution in [3.8, 4) is 0 Å². The minimum atomic E-state index is -0.197.